The van der Waals surface area contributed by atoms with E-state index in [1.54, 1.807) is 0 Å². The van der Waals surface area contributed by atoms with E-state index in [9.17, 15) is 18.0 Å². The van der Waals surface area contributed by atoms with Crippen molar-refractivity contribution in [1.82, 2.24) is 0 Å². The minimum Gasteiger partial charge on any atom is -0.460 e. The SMILES string of the molecule is CC(C)(C)OC(=O)CCOCCOCCOCCO.CC(C)(C)OC(=O)CCOCCOCCOCCOS(C)(=O)=O. The van der Waals surface area contributed by atoms with E-state index >= 15 is 0 Å². The summed E-state index contributed by atoms with van der Waals surface area (Å²) >= 11 is 0. The van der Waals surface area contributed by atoms with Gasteiger partial charge in [-0.25, -0.2) is 0 Å². The predicted molar refractivity (Wildman–Crippen MR) is 154 cm³/mol. The molecule has 0 radical (unpaired) electrons. The molecule has 252 valence electrons. The topological polar surface area (TPSA) is 172 Å². The van der Waals surface area contributed by atoms with Gasteiger partial charge in [-0.1, -0.05) is 0 Å². The molecule has 0 aromatic rings. The summed E-state index contributed by atoms with van der Waals surface area (Å²) in [7, 11) is -3.41. The molecule has 0 aliphatic carbocycles. The second-order valence-electron chi connectivity index (χ2n) is 10.6. The van der Waals surface area contributed by atoms with E-state index in [0.29, 0.717) is 66.1 Å². The van der Waals surface area contributed by atoms with Crippen molar-refractivity contribution in [1.29, 1.82) is 0 Å². The van der Waals surface area contributed by atoms with Gasteiger partial charge >= 0.3 is 11.9 Å². The molecule has 0 rings (SSSR count). The van der Waals surface area contributed by atoms with Crippen LogP contribution in [0.1, 0.15) is 54.4 Å². The molecule has 0 spiro atoms. The molecule has 15 heteroatoms. The maximum absolute atomic E-state index is 11.4. The highest BCUT2D eigenvalue weighted by atomic mass is 32.2. The Labute approximate surface area is 251 Å². The average molecular weight is 635 g/mol. The molecule has 42 heavy (non-hydrogen) atoms. The number of aliphatic hydroxyl groups excluding tert-OH is 1. The van der Waals surface area contributed by atoms with Crippen LogP contribution in [0.2, 0.25) is 0 Å². The Hall–Kier alpha value is -1.43. The lowest BCUT2D eigenvalue weighted by Gasteiger charge is -2.19. The van der Waals surface area contributed by atoms with Crippen LogP contribution in [0.5, 0.6) is 0 Å². The summed E-state index contributed by atoms with van der Waals surface area (Å²) in [6.07, 6.45) is 1.44. The van der Waals surface area contributed by atoms with Crippen LogP contribution in [0.4, 0.5) is 0 Å². The van der Waals surface area contributed by atoms with Gasteiger partial charge in [0.2, 0.25) is 0 Å². The molecule has 0 unspecified atom stereocenters. The summed E-state index contributed by atoms with van der Waals surface area (Å²) in [6.45, 7) is 15.4. The van der Waals surface area contributed by atoms with E-state index in [2.05, 4.69) is 4.18 Å². The number of carbonyl (C=O) groups is 2. The second kappa shape index (κ2) is 26.0. The summed E-state index contributed by atoms with van der Waals surface area (Å²) in [5, 5.41) is 8.46. The van der Waals surface area contributed by atoms with Crippen molar-refractivity contribution < 1.29 is 65.2 Å². The molecule has 0 atom stereocenters. The molecular weight excluding hydrogens is 580 g/mol. The van der Waals surface area contributed by atoms with Gasteiger partial charge in [0.15, 0.2) is 0 Å². The Balaban J connectivity index is 0. The van der Waals surface area contributed by atoms with Crippen molar-refractivity contribution in [3.8, 4) is 0 Å². The predicted octanol–water partition coefficient (Wildman–Crippen LogP) is 1.50. The summed E-state index contributed by atoms with van der Waals surface area (Å²) in [6, 6.07) is 0. The average Bonchev–Trinajstić information content (AvgIpc) is 2.83. The molecule has 0 aliphatic heterocycles. The van der Waals surface area contributed by atoms with Gasteiger partial charge in [-0.15, -0.1) is 0 Å². The first-order valence-corrected chi connectivity index (χ1v) is 15.7. The zero-order valence-electron chi connectivity index (χ0n) is 26.5. The van der Waals surface area contributed by atoms with Gasteiger partial charge in [-0.05, 0) is 41.5 Å². The number of ether oxygens (including phenoxy) is 8. The van der Waals surface area contributed by atoms with Crippen LogP contribution in [0.3, 0.4) is 0 Å². The van der Waals surface area contributed by atoms with Gasteiger partial charge in [-0.2, -0.15) is 8.42 Å². The lowest BCUT2D eigenvalue weighted by molar-refractivity contribution is -0.157. The Morgan fingerprint density at radius 1 is 0.524 bits per heavy atom. The fourth-order valence-electron chi connectivity index (χ4n) is 2.49. The zero-order chi connectivity index (χ0) is 32.3. The molecule has 14 nitrogen and oxygen atoms in total. The Kier molecular flexibility index (Phi) is 26.4. The van der Waals surface area contributed by atoms with Crippen molar-refractivity contribution >= 4 is 22.1 Å². The second-order valence-corrected chi connectivity index (χ2v) is 12.2. The van der Waals surface area contributed by atoms with E-state index in [0.717, 1.165) is 6.26 Å². The van der Waals surface area contributed by atoms with Gasteiger partial charge < -0.3 is 43.0 Å². The molecule has 0 heterocycles. The largest absolute Gasteiger partial charge is 0.460 e. The summed E-state index contributed by atoms with van der Waals surface area (Å²) in [5.41, 5.74) is -0.929. The number of hydrogen-bond donors (Lipinski definition) is 1. The van der Waals surface area contributed by atoms with E-state index in [4.69, 9.17) is 43.0 Å². The highest BCUT2D eigenvalue weighted by Gasteiger charge is 2.16. The molecule has 0 amide bonds. The van der Waals surface area contributed by atoms with Crippen LogP contribution in [-0.2, 0) is 61.8 Å². The fraction of sp³-hybridized carbons (Fsp3) is 0.926. The lowest BCUT2D eigenvalue weighted by atomic mass is 10.2. The third-order valence-electron chi connectivity index (χ3n) is 3.99. The molecule has 0 saturated heterocycles. The summed E-state index contributed by atoms with van der Waals surface area (Å²) < 4.78 is 67.2. The Bertz CT molecular complexity index is 760. The first kappa shape index (κ1) is 42.7. The molecule has 0 aliphatic rings. The van der Waals surface area contributed by atoms with Gasteiger partial charge in [0.05, 0.1) is 112 Å². The molecule has 0 saturated carbocycles. The fourth-order valence-corrected chi connectivity index (χ4v) is 2.86. The highest BCUT2D eigenvalue weighted by molar-refractivity contribution is 7.85. The molecule has 1 N–H and O–H groups in total. The van der Waals surface area contributed by atoms with Crippen molar-refractivity contribution in [2.75, 3.05) is 98.8 Å². The van der Waals surface area contributed by atoms with Crippen LogP contribution in [0.15, 0.2) is 0 Å². The van der Waals surface area contributed by atoms with Crippen LogP contribution in [-0.4, -0.2) is 135 Å². The normalized spacial score (nSPS) is 12.0. The van der Waals surface area contributed by atoms with E-state index < -0.39 is 21.3 Å². The Morgan fingerprint density at radius 2 is 0.810 bits per heavy atom. The third kappa shape index (κ3) is 40.7. The van der Waals surface area contributed by atoms with Gasteiger partial charge in [-0.3, -0.25) is 13.8 Å². The van der Waals surface area contributed by atoms with Crippen molar-refractivity contribution in [3.05, 3.63) is 0 Å². The maximum atomic E-state index is 11.4. The van der Waals surface area contributed by atoms with Gasteiger partial charge in [0.25, 0.3) is 10.1 Å². The van der Waals surface area contributed by atoms with Crippen molar-refractivity contribution in [2.24, 2.45) is 0 Å². The van der Waals surface area contributed by atoms with Crippen molar-refractivity contribution in [2.45, 2.75) is 65.6 Å². The van der Waals surface area contributed by atoms with E-state index in [-0.39, 0.29) is 51.2 Å². The smallest absolute Gasteiger partial charge is 0.308 e. The molecule has 0 aromatic carbocycles. The summed E-state index contributed by atoms with van der Waals surface area (Å²) in [4.78, 5) is 22.7. The monoisotopic (exact) mass is 634 g/mol. The summed E-state index contributed by atoms with van der Waals surface area (Å²) in [5.74, 6) is -0.547. The molecular formula is C27H54O14S. The van der Waals surface area contributed by atoms with Gasteiger partial charge in [0, 0.05) is 0 Å². The maximum Gasteiger partial charge on any atom is 0.308 e. The lowest BCUT2D eigenvalue weighted by Crippen LogP contribution is -2.24. The molecule has 0 aromatic heterocycles. The van der Waals surface area contributed by atoms with E-state index in [1.165, 1.54) is 0 Å². The highest BCUT2D eigenvalue weighted by Crippen LogP contribution is 2.08. The van der Waals surface area contributed by atoms with Gasteiger partial charge in [0.1, 0.15) is 11.2 Å². The van der Waals surface area contributed by atoms with Crippen LogP contribution < -0.4 is 0 Å². The molecule has 0 bridgehead atoms. The third-order valence-corrected chi connectivity index (χ3v) is 4.58. The van der Waals surface area contributed by atoms with Crippen molar-refractivity contribution in [3.63, 3.8) is 0 Å². The quantitative estimate of drug-likeness (QED) is 0.0920. The van der Waals surface area contributed by atoms with Crippen LogP contribution in [0.25, 0.3) is 0 Å². The number of carbonyl (C=O) groups excluding carboxylic acids is 2. The van der Waals surface area contributed by atoms with E-state index in [1.807, 2.05) is 41.5 Å². The Morgan fingerprint density at radius 3 is 1.10 bits per heavy atom. The number of rotatable bonds is 24. The minimum absolute atomic E-state index is 0.00733. The minimum atomic E-state index is -3.41. The van der Waals surface area contributed by atoms with Crippen LogP contribution in [0, 0.1) is 0 Å². The first-order valence-electron chi connectivity index (χ1n) is 13.9. The zero-order valence-corrected chi connectivity index (χ0v) is 27.3. The van der Waals surface area contributed by atoms with Crippen LogP contribution >= 0.6 is 0 Å². The number of hydrogen-bond acceptors (Lipinski definition) is 14. The standard InChI is InChI=1S/C14H28O8S.C13H26O6/c1-14(2,3)22-13(15)5-6-18-7-8-19-9-10-20-11-12-21-23(4,16)17;1-13(2,3)19-12(15)4-6-16-8-10-18-11-9-17-7-5-14/h5-12H2,1-4H3;14H,4-11H2,1-3H3. The first-order chi connectivity index (χ1) is 19.6. The number of esters is 2. The number of aliphatic hydroxyl groups is 1. The molecule has 0 fully saturated rings.